The van der Waals surface area contributed by atoms with Gasteiger partial charge in [0.25, 0.3) is 0 Å². The van der Waals surface area contributed by atoms with Crippen molar-refractivity contribution in [3.8, 4) is 0 Å². The first-order valence-corrected chi connectivity index (χ1v) is 6.48. The van der Waals surface area contributed by atoms with Gasteiger partial charge in [-0.05, 0) is 25.0 Å². The van der Waals surface area contributed by atoms with Crippen LogP contribution in [0.15, 0.2) is 24.5 Å². The molecule has 0 unspecified atom stereocenters. The Morgan fingerprint density at radius 3 is 3.05 bits per heavy atom. The molecule has 2 rings (SSSR count). The topological polar surface area (TPSA) is 74.3 Å². The second kappa shape index (κ2) is 6.72. The second-order valence-corrected chi connectivity index (χ2v) is 4.46. The highest BCUT2D eigenvalue weighted by Crippen LogP contribution is 2.09. The number of hydrogen-bond acceptors (Lipinski definition) is 3. The van der Waals surface area contributed by atoms with Crippen LogP contribution in [0.1, 0.15) is 19.3 Å². The lowest BCUT2D eigenvalue weighted by Gasteiger charge is -2.15. The van der Waals surface area contributed by atoms with E-state index >= 15 is 0 Å². The van der Waals surface area contributed by atoms with E-state index < -0.39 is 0 Å². The molecule has 0 atom stereocenters. The van der Waals surface area contributed by atoms with E-state index in [2.05, 4.69) is 15.6 Å². The average molecular weight is 262 g/mol. The third-order valence-electron chi connectivity index (χ3n) is 2.98. The first kappa shape index (κ1) is 13.3. The maximum atomic E-state index is 11.5. The van der Waals surface area contributed by atoms with Gasteiger partial charge >= 0.3 is 6.03 Å². The Balaban J connectivity index is 1.60. The number of rotatable bonds is 5. The molecule has 1 aromatic heterocycles. The van der Waals surface area contributed by atoms with Gasteiger partial charge in [0.05, 0.1) is 11.9 Å². The summed E-state index contributed by atoms with van der Waals surface area (Å²) in [6, 6.07) is 3.28. The molecule has 0 bridgehead atoms. The summed E-state index contributed by atoms with van der Waals surface area (Å²) in [4.78, 5) is 28.7. The largest absolute Gasteiger partial charge is 0.343 e. The van der Waals surface area contributed by atoms with E-state index in [9.17, 15) is 9.59 Å². The van der Waals surface area contributed by atoms with Gasteiger partial charge in [-0.15, -0.1) is 0 Å². The number of pyridine rings is 1. The van der Waals surface area contributed by atoms with Gasteiger partial charge in [-0.1, -0.05) is 0 Å². The first-order chi connectivity index (χ1) is 9.25. The molecular weight excluding hydrogens is 244 g/mol. The van der Waals surface area contributed by atoms with Crippen LogP contribution in [-0.4, -0.2) is 41.5 Å². The number of amides is 3. The lowest BCUT2D eigenvalue weighted by molar-refractivity contribution is -0.127. The third kappa shape index (κ3) is 4.24. The van der Waals surface area contributed by atoms with Crippen molar-refractivity contribution in [1.29, 1.82) is 0 Å². The Hall–Kier alpha value is -2.11. The predicted octanol–water partition coefficient (Wildman–Crippen LogP) is 1.22. The van der Waals surface area contributed by atoms with Crippen molar-refractivity contribution in [2.24, 2.45) is 0 Å². The van der Waals surface area contributed by atoms with Gasteiger partial charge in [0.15, 0.2) is 0 Å². The van der Waals surface area contributed by atoms with E-state index in [0.717, 1.165) is 19.4 Å². The Bertz CT molecular complexity index is 436. The van der Waals surface area contributed by atoms with Crippen molar-refractivity contribution < 1.29 is 9.59 Å². The number of aromatic nitrogens is 1. The maximum Gasteiger partial charge on any atom is 0.319 e. The third-order valence-corrected chi connectivity index (χ3v) is 2.98. The van der Waals surface area contributed by atoms with E-state index in [4.69, 9.17) is 0 Å². The number of hydrogen-bond donors (Lipinski definition) is 2. The number of nitrogens with one attached hydrogen (secondary N) is 2. The van der Waals surface area contributed by atoms with Crippen LogP contribution in [0.25, 0.3) is 0 Å². The lowest BCUT2D eigenvalue weighted by Crippen LogP contribution is -2.33. The molecule has 1 saturated heterocycles. The molecule has 6 nitrogen and oxygen atoms in total. The molecule has 0 saturated carbocycles. The van der Waals surface area contributed by atoms with Crippen LogP contribution in [0.5, 0.6) is 0 Å². The van der Waals surface area contributed by atoms with Gasteiger partial charge < -0.3 is 15.5 Å². The van der Waals surface area contributed by atoms with Crippen LogP contribution < -0.4 is 10.6 Å². The molecule has 1 aromatic rings. The summed E-state index contributed by atoms with van der Waals surface area (Å²) in [7, 11) is 0. The first-order valence-electron chi connectivity index (χ1n) is 6.48. The van der Waals surface area contributed by atoms with Crippen molar-refractivity contribution in [1.82, 2.24) is 15.2 Å². The average Bonchev–Trinajstić information content (AvgIpc) is 2.81. The molecule has 1 fully saturated rings. The molecule has 0 aromatic carbocycles. The van der Waals surface area contributed by atoms with Gasteiger partial charge in [-0.25, -0.2) is 4.79 Å². The van der Waals surface area contributed by atoms with E-state index in [1.54, 1.807) is 24.5 Å². The van der Waals surface area contributed by atoms with E-state index in [1.165, 1.54) is 0 Å². The molecular formula is C13H18N4O2. The van der Waals surface area contributed by atoms with E-state index in [0.29, 0.717) is 25.2 Å². The number of likely N-dealkylation sites (tertiary alicyclic amines) is 1. The monoisotopic (exact) mass is 262 g/mol. The molecule has 2 N–H and O–H groups in total. The number of urea groups is 1. The van der Waals surface area contributed by atoms with Crippen LogP contribution in [0, 0.1) is 0 Å². The molecule has 6 heteroatoms. The van der Waals surface area contributed by atoms with E-state index in [1.807, 2.05) is 4.90 Å². The SMILES string of the molecule is O=C(NCCCN1CCCC1=O)Nc1cccnc1. The Morgan fingerprint density at radius 2 is 2.37 bits per heavy atom. The standard InChI is InChI=1S/C13H18N4O2/c18-12-5-2-8-17(12)9-3-7-15-13(19)16-11-4-1-6-14-10-11/h1,4,6,10H,2-3,5,7-9H2,(H2,15,16,19). The minimum absolute atomic E-state index is 0.222. The summed E-state index contributed by atoms with van der Waals surface area (Å²) < 4.78 is 0. The number of anilines is 1. The minimum atomic E-state index is -0.249. The Morgan fingerprint density at radius 1 is 1.47 bits per heavy atom. The normalized spacial score (nSPS) is 14.5. The molecule has 1 aliphatic rings. The van der Waals surface area contributed by atoms with Crippen molar-refractivity contribution in [2.75, 3.05) is 25.0 Å². The molecule has 102 valence electrons. The molecule has 0 aliphatic carbocycles. The highest BCUT2D eigenvalue weighted by atomic mass is 16.2. The zero-order valence-corrected chi connectivity index (χ0v) is 10.8. The van der Waals surface area contributed by atoms with Crippen molar-refractivity contribution in [2.45, 2.75) is 19.3 Å². The fourth-order valence-electron chi connectivity index (χ4n) is 2.02. The number of nitrogens with zero attached hydrogens (tertiary/aromatic N) is 2. The number of carbonyl (C=O) groups is 2. The summed E-state index contributed by atoms with van der Waals surface area (Å²) in [6.45, 7) is 2.11. The Kier molecular flexibility index (Phi) is 4.72. The van der Waals surface area contributed by atoms with E-state index in [-0.39, 0.29) is 11.9 Å². The van der Waals surface area contributed by atoms with Crippen LogP contribution in [0.2, 0.25) is 0 Å². The summed E-state index contributed by atoms with van der Waals surface area (Å²) >= 11 is 0. The highest BCUT2D eigenvalue weighted by molar-refractivity contribution is 5.88. The summed E-state index contributed by atoms with van der Waals surface area (Å²) in [5.41, 5.74) is 0.662. The molecule has 0 radical (unpaired) electrons. The van der Waals surface area contributed by atoms with Gasteiger partial charge in [0.1, 0.15) is 0 Å². The molecule has 2 heterocycles. The zero-order chi connectivity index (χ0) is 13.5. The van der Waals surface area contributed by atoms with Gasteiger partial charge in [-0.2, -0.15) is 0 Å². The molecule has 3 amide bonds. The fraction of sp³-hybridized carbons (Fsp3) is 0.462. The molecule has 19 heavy (non-hydrogen) atoms. The van der Waals surface area contributed by atoms with Crippen LogP contribution in [0.3, 0.4) is 0 Å². The van der Waals surface area contributed by atoms with Crippen molar-refractivity contribution in [3.63, 3.8) is 0 Å². The van der Waals surface area contributed by atoms with Crippen LogP contribution >= 0.6 is 0 Å². The van der Waals surface area contributed by atoms with Gasteiger partial charge in [-0.3, -0.25) is 9.78 Å². The van der Waals surface area contributed by atoms with Crippen molar-refractivity contribution >= 4 is 17.6 Å². The second-order valence-electron chi connectivity index (χ2n) is 4.46. The predicted molar refractivity (Wildman–Crippen MR) is 71.7 cm³/mol. The smallest absolute Gasteiger partial charge is 0.319 e. The van der Waals surface area contributed by atoms with Gasteiger partial charge in [0, 0.05) is 32.3 Å². The van der Waals surface area contributed by atoms with Crippen molar-refractivity contribution in [3.05, 3.63) is 24.5 Å². The lowest BCUT2D eigenvalue weighted by atomic mass is 10.4. The minimum Gasteiger partial charge on any atom is -0.343 e. The van der Waals surface area contributed by atoms with Gasteiger partial charge in [0.2, 0.25) is 5.91 Å². The zero-order valence-electron chi connectivity index (χ0n) is 10.8. The van der Waals surface area contributed by atoms with Crippen LogP contribution in [0.4, 0.5) is 10.5 Å². The fourth-order valence-corrected chi connectivity index (χ4v) is 2.02. The number of carbonyl (C=O) groups excluding carboxylic acids is 2. The maximum absolute atomic E-state index is 11.5. The van der Waals surface area contributed by atoms with Crippen LogP contribution in [-0.2, 0) is 4.79 Å². The summed E-state index contributed by atoms with van der Waals surface area (Å²) in [6.07, 6.45) is 5.62. The summed E-state index contributed by atoms with van der Waals surface area (Å²) in [5, 5.41) is 5.44. The highest BCUT2D eigenvalue weighted by Gasteiger charge is 2.18. The Labute approximate surface area is 112 Å². The summed E-state index contributed by atoms with van der Waals surface area (Å²) in [5.74, 6) is 0.222. The molecule has 1 aliphatic heterocycles. The molecule has 0 spiro atoms. The quantitative estimate of drug-likeness (QED) is 0.783.